The quantitative estimate of drug-likeness (QED) is 0.815. The average Bonchev–Trinajstić information content (AvgIpc) is 3.18. The predicted molar refractivity (Wildman–Crippen MR) is 84.6 cm³/mol. The number of Topliss-reactive ketones (excluding diaryl/α,β-unsaturated/α-hetero) is 1. The average molecular weight is 321 g/mol. The van der Waals surface area contributed by atoms with Gasteiger partial charge in [0.15, 0.2) is 10.9 Å². The van der Waals surface area contributed by atoms with Crippen LogP contribution in [0, 0.1) is 0 Å². The van der Waals surface area contributed by atoms with Crippen molar-refractivity contribution in [1.82, 2.24) is 9.88 Å². The highest BCUT2D eigenvalue weighted by atomic mass is 32.1. The predicted octanol–water partition coefficient (Wildman–Crippen LogP) is 2.37. The fourth-order valence-corrected chi connectivity index (χ4v) is 3.84. The van der Waals surface area contributed by atoms with Crippen LogP contribution in [0.5, 0.6) is 0 Å². The van der Waals surface area contributed by atoms with Crippen LogP contribution in [-0.2, 0) is 0 Å². The van der Waals surface area contributed by atoms with Gasteiger partial charge in [-0.25, -0.2) is 4.98 Å². The van der Waals surface area contributed by atoms with E-state index in [9.17, 15) is 9.59 Å². The molecule has 0 aromatic carbocycles. The lowest BCUT2D eigenvalue weighted by Crippen LogP contribution is -2.48. The van der Waals surface area contributed by atoms with E-state index in [1.165, 1.54) is 18.3 Å². The van der Waals surface area contributed by atoms with Gasteiger partial charge in [-0.15, -0.1) is 22.7 Å². The van der Waals surface area contributed by atoms with Gasteiger partial charge in [0.1, 0.15) is 0 Å². The molecule has 3 rings (SSSR count). The van der Waals surface area contributed by atoms with Gasteiger partial charge >= 0.3 is 0 Å². The van der Waals surface area contributed by atoms with Crippen LogP contribution in [-0.4, -0.2) is 47.8 Å². The van der Waals surface area contributed by atoms with Crippen molar-refractivity contribution < 1.29 is 9.59 Å². The molecule has 2 aromatic rings. The summed E-state index contributed by atoms with van der Waals surface area (Å²) in [7, 11) is 0. The molecule has 1 aliphatic heterocycles. The van der Waals surface area contributed by atoms with E-state index in [-0.39, 0.29) is 11.7 Å². The zero-order chi connectivity index (χ0) is 14.8. The van der Waals surface area contributed by atoms with Gasteiger partial charge in [0.2, 0.25) is 0 Å². The molecular formula is C14H15N3O2S2. The zero-order valence-corrected chi connectivity index (χ0v) is 13.2. The maximum Gasteiger partial charge on any atom is 0.264 e. The Morgan fingerprint density at radius 3 is 2.43 bits per heavy atom. The lowest BCUT2D eigenvalue weighted by molar-refractivity contribution is 0.0751. The minimum Gasteiger partial charge on any atom is -0.345 e. The fraction of sp³-hybridized carbons (Fsp3) is 0.357. The van der Waals surface area contributed by atoms with E-state index in [1.807, 2.05) is 10.3 Å². The molecule has 1 fully saturated rings. The molecule has 5 nitrogen and oxygen atoms in total. The molecule has 7 heteroatoms. The third kappa shape index (κ3) is 2.98. The second-order valence-corrected chi connectivity index (χ2v) is 6.77. The summed E-state index contributed by atoms with van der Waals surface area (Å²) in [6.45, 7) is 4.48. The van der Waals surface area contributed by atoms with E-state index in [4.69, 9.17) is 0 Å². The smallest absolute Gasteiger partial charge is 0.264 e. The number of anilines is 1. The fourth-order valence-electron chi connectivity index (χ4n) is 2.27. The normalized spacial score (nSPS) is 15.3. The number of thiophene rings is 1. The first kappa shape index (κ1) is 14.2. The maximum absolute atomic E-state index is 12.4. The lowest BCUT2D eigenvalue weighted by atomic mass is 10.3. The lowest BCUT2D eigenvalue weighted by Gasteiger charge is -2.34. The third-order valence-corrected chi connectivity index (χ3v) is 5.43. The molecule has 1 aliphatic rings. The molecule has 0 N–H and O–H groups in total. The Balaban J connectivity index is 1.63. The van der Waals surface area contributed by atoms with E-state index in [0.29, 0.717) is 22.8 Å². The largest absolute Gasteiger partial charge is 0.345 e. The highest BCUT2D eigenvalue weighted by Gasteiger charge is 2.24. The Morgan fingerprint density at radius 2 is 1.86 bits per heavy atom. The van der Waals surface area contributed by atoms with Crippen LogP contribution < -0.4 is 4.90 Å². The van der Waals surface area contributed by atoms with Crippen LogP contribution in [0.3, 0.4) is 0 Å². The summed E-state index contributed by atoms with van der Waals surface area (Å²) in [6, 6.07) is 3.48. The van der Waals surface area contributed by atoms with Crippen LogP contribution in [0.15, 0.2) is 23.7 Å². The van der Waals surface area contributed by atoms with Crippen molar-refractivity contribution in [2.75, 3.05) is 31.1 Å². The number of nitrogens with zero attached hydrogens (tertiary/aromatic N) is 3. The molecule has 1 amide bonds. The number of ketones is 1. The van der Waals surface area contributed by atoms with Crippen LogP contribution in [0.25, 0.3) is 0 Å². The third-order valence-electron chi connectivity index (χ3n) is 3.42. The number of carbonyl (C=O) groups is 2. The molecular weight excluding hydrogens is 306 g/mol. The van der Waals surface area contributed by atoms with Crippen LogP contribution >= 0.6 is 22.7 Å². The van der Waals surface area contributed by atoms with E-state index in [2.05, 4.69) is 9.88 Å². The molecule has 0 spiro atoms. The molecule has 3 heterocycles. The minimum absolute atomic E-state index is 0.00707. The summed E-state index contributed by atoms with van der Waals surface area (Å²) < 4.78 is 0. The molecule has 2 aromatic heterocycles. The van der Waals surface area contributed by atoms with Gasteiger partial charge in [-0.1, -0.05) is 0 Å². The van der Waals surface area contributed by atoms with Crippen molar-refractivity contribution in [2.45, 2.75) is 6.92 Å². The van der Waals surface area contributed by atoms with Gasteiger partial charge in [0.05, 0.1) is 9.75 Å². The van der Waals surface area contributed by atoms with Crippen LogP contribution in [0.4, 0.5) is 5.13 Å². The second-order valence-electron chi connectivity index (χ2n) is 4.81. The highest BCUT2D eigenvalue weighted by molar-refractivity contribution is 7.16. The molecule has 1 saturated heterocycles. The minimum atomic E-state index is 0.00707. The first-order chi connectivity index (χ1) is 10.1. The summed E-state index contributed by atoms with van der Waals surface area (Å²) in [4.78, 5) is 33.3. The highest BCUT2D eigenvalue weighted by Crippen LogP contribution is 2.22. The van der Waals surface area contributed by atoms with E-state index in [1.54, 1.807) is 29.7 Å². The number of amides is 1. The van der Waals surface area contributed by atoms with Gasteiger partial charge in [0.25, 0.3) is 5.91 Å². The SMILES string of the molecule is CC(=O)c1ccc(C(=O)N2CCN(c3nccs3)CC2)s1. The summed E-state index contributed by atoms with van der Waals surface area (Å²) in [6.07, 6.45) is 1.80. The summed E-state index contributed by atoms with van der Waals surface area (Å²) >= 11 is 2.89. The van der Waals surface area contributed by atoms with Crippen molar-refractivity contribution in [3.8, 4) is 0 Å². The van der Waals surface area contributed by atoms with Crippen molar-refractivity contribution in [3.05, 3.63) is 33.5 Å². The number of hydrogen-bond acceptors (Lipinski definition) is 6. The van der Waals surface area contributed by atoms with E-state index >= 15 is 0 Å². The summed E-state index contributed by atoms with van der Waals surface area (Å²) in [5.74, 6) is 0.0268. The Labute approximate surface area is 130 Å². The van der Waals surface area contributed by atoms with Gasteiger partial charge in [0, 0.05) is 37.8 Å². The Morgan fingerprint density at radius 1 is 1.14 bits per heavy atom. The molecule has 0 atom stereocenters. The van der Waals surface area contributed by atoms with Gasteiger partial charge in [-0.2, -0.15) is 0 Å². The molecule has 0 bridgehead atoms. The maximum atomic E-state index is 12.4. The summed E-state index contributed by atoms with van der Waals surface area (Å²) in [5, 5.41) is 2.97. The van der Waals surface area contributed by atoms with E-state index < -0.39 is 0 Å². The number of aromatic nitrogens is 1. The first-order valence-electron chi connectivity index (χ1n) is 6.69. The number of thiazole rings is 1. The number of carbonyl (C=O) groups excluding carboxylic acids is 2. The number of piperazine rings is 1. The van der Waals surface area contributed by atoms with Gasteiger partial charge in [-0.3, -0.25) is 9.59 Å². The number of hydrogen-bond donors (Lipinski definition) is 0. The monoisotopic (exact) mass is 321 g/mol. The topological polar surface area (TPSA) is 53.5 Å². The van der Waals surface area contributed by atoms with Crippen LogP contribution in [0.2, 0.25) is 0 Å². The van der Waals surface area contributed by atoms with Gasteiger partial charge in [-0.05, 0) is 19.1 Å². The van der Waals surface area contributed by atoms with Crippen LogP contribution in [0.1, 0.15) is 26.3 Å². The second kappa shape index (κ2) is 5.95. The molecule has 110 valence electrons. The Bertz CT molecular complexity index is 643. The van der Waals surface area contributed by atoms with Crippen molar-refractivity contribution in [2.24, 2.45) is 0 Å². The Hall–Kier alpha value is -1.73. The Kier molecular flexibility index (Phi) is 4.03. The molecule has 0 aliphatic carbocycles. The van der Waals surface area contributed by atoms with E-state index in [0.717, 1.165) is 18.2 Å². The number of rotatable bonds is 3. The molecule has 21 heavy (non-hydrogen) atoms. The van der Waals surface area contributed by atoms with Gasteiger partial charge < -0.3 is 9.80 Å². The molecule has 0 saturated carbocycles. The first-order valence-corrected chi connectivity index (χ1v) is 8.39. The molecule has 0 unspecified atom stereocenters. The van der Waals surface area contributed by atoms with Crippen molar-refractivity contribution >= 4 is 39.5 Å². The molecule has 0 radical (unpaired) electrons. The summed E-state index contributed by atoms with van der Waals surface area (Å²) in [5.41, 5.74) is 0. The standard InChI is InChI=1S/C14H15N3O2S2/c1-10(18)11-2-3-12(21-11)13(19)16-5-7-17(8-6-16)14-15-4-9-20-14/h2-4,9H,5-8H2,1H3. The van der Waals surface area contributed by atoms with Crippen molar-refractivity contribution in [1.29, 1.82) is 0 Å². The van der Waals surface area contributed by atoms with Crippen molar-refractivity contribution in [3.63, 3.8) is 0 Å². The zero-order valence-electron chi connectivity index (χ0n) is 11.6.